The SMILES string of the molecule is CC(=CCSCC(Nc1ncccn1)C(=O)O)CCCC(C)CCCC(C)CCCC(C)C. The molecule has 0 saturated carbocycles. The quantitative estimate of drug-likeness (QED) is 0.159. The summed E-state index contributed by atoms with van der Waals surface area (Å²) in [6, 6.07) is 1.02. The van der Waals surface area contributed by atoms with E-state index in [1.54, 1.807) is 30.2 Å². The fourth-order valence-corrected chi connectivity index (χ4v) is 4.90. The van der Waals surface area contributed by atoms with Gasteiger partial charge in [0.25, 0.3) is 0 Å². The maximum atomic E-state index is 11.5. The molecular formula is C27H47N3O2S. The van der Waals surface area contributed by atoms with E-state index >= 15 is 0 Å². The molecule has 0 aliphatic heterocycles. The summed E-state index contributed by atoms with van der Waals surface area (Å²) in [5.74, 6) is 3.29. The molecule has 0 radical (unpaired) electrons. The van der Waals surface area contributed by atoms with Gasteiger partial charge in [0, 0.05) is 23.9 Å². The summed E-state index contributed by atoms with van der Waals surface area (Å²) in [5.41, 5.74) is 1.40. The highest BCUT2D eigenvalue weighted by atomic mass is 32.2. The number of hydrogen-bond acceptors (Lipinski definition) is 5. The molecule has 0 saturated heterocycles. The number of anilines is 1. The summed E-state index contributed by atoms with van der Waals surface area (Å²) in [4.78, 5) is 19.6. The van der Waals surface area contributed by atoms with Crippen molar-refractivity contribution in [3.05, 3.63) is 30.1 Å². The molecule has 0 aliphatic carbocycles. The molecule has 33 heavy (non-hydrogen) atoms. The monoisotopic (exact) mass is 477 g/mol. The van der Waals surface area contributed by atoms with Crippen molar-refractivity contribution < 1.29 is 9.90 Å². The van der Waals surface area contributed by atoms with Crippen molar-refractivity contribution in [3.8, 4) is 0 Å². The smallest absolute Gasteiger partial charge is 0.327 e. The van der Waals surface area contributed by atoms with Gasteiger partial charge in [-0.1, -0.05) is 84.3 Å². The molecule has 0 bridgehead atoms. The van der Waals surface area contributed by atoms with E-state index in [1.807, 2.05) is 0 Å². The molecule has 5 nitrogen and oxygen atoms in total. The number of hydrogen-bond donors (Lipinski definition) is 2. The molecule has 1 aromatic rings. The average Bonchev–Trinajstić information content (AvgIpc) is 2.76. The third-order valence-electron chi connectivity index (χ3n) is 6.14. The molecule has 0 fully saturated rings. The summed E-state index contributed by atoms with van der Waals surface area (Å²) in [6.07, 6.45) is 17.3. The van der Waals surface area contributed by atoms with Gasteiger partial charge < -0.3 is 10.4 Å². The van der Waals surface area contributed by atoms with Gasteiger partial charge in [0.05, 0.1) is 0 Å². The van der Waals surface area contributed by atoms with Crippen molar-refractivity contribution in [1.82, 2.24) is 9.97 Å². The Labute approximate surface area is 206 Å². The number of rotatable bonds is 19. The van der Waals surface area contributed by atoms with E-state index in [0.29, 0.717) is 11.7 Å². The number of thioether (sulfide) groups is 1. The Morgan fingerprint density at radius 3 is 2.15 bits per heavy atom. The van der Waals surface area contributed by atoms with Crippen molar-refractivity contribution in [2.45, 2.75) is 98.4 Å². The first-order valence-corrected chi connectivity index (χ1v) is 13.9. The number of carbonyl (C=O) groups is 1. The van der Waals surface area contributed by atoms with Gasteiger partial charge in [-0.05, 0) is 43.6 Å². The number of nitrogens with one attached hydrogen (secondary N) is 1. The highest BCUT2D eigenvalue weighted by Gasteiger charge is 2.17. The first-order valence-electron chi connectivity index (χ1n) is 12.8. The predicted molar refractivity (Wildman–Crippen MR) is 143 cm³/mol. The highest BCUT2D eigenvalue weighted by Crippen LogP contribution is 2.22. The zero-order valence-corrected chi connectivity index (χ0v) is 22.4. The minimum absolute atomic E-state index is 0.354. The van der Waals surface area contributed by atoms with Crippen LogP contribution in [0.5, 0.6) is 0 Å². The molecule has 0 aliphatic rings. The zero-order chi connectivity index (χ0) is 24.5. The predicted octanol–water partition coefficient (Wildman–Crippen LogP) is 7.46. The van der Waals surface area contributed by atoms with Gasteiger partial charge >= 0.3 is 5.97 Å². The van der Waals surface area contributed by atoms with Crippen LogP contribution in [-0.4, -0.2) is 38.6 Å². The van der Waals surface area contributed by atoms with Crippen LogP contribution in [0.25, 0.3) is 0 Å². The van der Waals surface area contributed by atoms with Crippen LogP contribution in [0.1, 0.15) is 92.4 Å². The van der Waals surface area contributed by atoms with E-state index in [0.717, 1.165) is 29.9 Å². The second kappa shape index (κ2) is 17.9. The van der Waals surface area contributed by atoms with Crippen LogP contribution in [0, 0.1) is 17.8 Å². The molecule has 1 aromatic heterocycles. The third-order valence-corrected chi connectivity index (χ3v) is 7.11. The lowest BCUT2D eigenvalue weighted by atomic mass is 9.91. The minimum Gasteiger partial charge on any atom is -0.480 e. The Morgan fingerprint density at radius 2 is 1.58 bits per heavy atom. The Balaban J connectivity index is 2.14. The van der Waals surface area contributed by atoms with Gasteiger partial charge in [0.1, 0.15) is 6.04 Å². The lowest BCUT2D eigenvalue weighted by Gasteiger charge is -2.15. The first kappa shape index (κ1) is 29.5. The highest BCUT2D eigenvalue weighted by molar-refractivity contribution is 7.99. The van der Waals surface area contributed by atoms with E-state index in [1.165, 1.54) is 56.9 Å². The lowest BCUT2D eigenvalue weighted by Crippen LogP contribution is -2.32. The lowest BCUT2D eigenvalue weighted by molar-refractivity contribution is -0.137. The van der Waals surface area contributed by atoms with Crippen molar-refractivity contribution in [3.63, 3.8) is 0 Å². The van der Waals surface area contributed by atoms with E-state index in [-0.39, 0.29) is 0 Å². The summed E-state index contributed by atoms with van der Waals surface area (Å²) >= 11 is 1.62. The van der Waals surface area contributed by atoms with Gasteiger partial charge in [-0.2, -0.15) is 11.8 Å². The van der Waals surface area contributed by atoms with Crippen LogP contribution in [0.4, 0.5) is 5.95 Å². The molecule has 3 atom stereocenters. The summed E-state index contributed by atoms with van der Waals surface area (Å²) in [7, 11) is 0. The second-order valence-electron chi connectivity index (χ2n) is 10.1. The molecular weight excluding hydrogens is 430 g/mol. The van der Waals surface area contributed by atoms with E-state index in [9.17, 15) is 9.90 Å². The molecule has 0 aromatic carbocycles. The first-order chi connectivity index (χ1) is 15.8. The summed E-state index contributed by atoms with van der Waals surface area (Å²) in [5, 5.41) is 12.3. The molecule has 1 heterocycles. The molecule has 6 heteroatoms. The fraction of sp³-hybridized carbons (Fsp3) is 0.741. The van der Waals surface area contributed by atoms with Gasteiger partial charge in [0.2, 0.25) is 5.95 Å². The molecule has 188 valence electrons. The maximum absolute atomic E-state index is 11.5. The molecule has 0 amide bonds. The number of aliphatic carboxylic acids is 1. The summed E-state index contributed by atoms with van der Waals surface area (Å²) in [6.45, 7) is 11.6. The molecule has 0 spiro atoms. The second-order valence-corrected chi connectivity index (χ2v) is 11.1. The van der Waals surface area contributed by atoms with Crippen LogP contribution >= 0.6 is 11.8 Å². The van der Waals surface area contributed by atoms with E-state index in [2.05, 4.69) is 56.0 Å². The van der Waals surface area contributed by atoms with Gasteiger partial charge in [-0.25, -0.2) is 14.8 Å². The van der Waals surface area contributed by atoms with Crippen molar-refractivity contribution in [1.29, 1.82) is 0 Å². The van der Waals surface area contributed by atoms with Crippen LogP contribution in [0.3, 0.4) is 0 Å². The van der Waals surface area contributed by atoms with Gasteiger partial charge in [-0.15, -0.1) is 0 Å². The Morgan fingerprint density at radius 1 is 1.00 bits per heavy atom. The normalized spacial score (nSPS) is 14.8. The number of carboxylic acid groups (broad SMARTS) is 1. The molecule has 1 rings (SSSR count). The van der Waals surface area contributed by atoms with Crippen LogP contribution < -0.4 is 5.32 Å². The van der Waals surface area contributed by atoms with Gasteiger partial charge in [-0.3, -0.25) is 0 Å². The van der Waals surface area contributed by atoms with Crippen LogP contribution in [0.2, 0.25) is 0 Å². The minimum atomic E-state index is -0.880. The maximum Gasteiger partial charge on any atom is 0.327 e. The fourth-order valence-electron chi connectivity index (χ4n) is 3.90. The molecule has 3 unspecified atom stereocenters. The van der Waals surface area contributed by atoms with Crippen molar-refractivity contribution >= 4 is 23.7 Å². The Bertz CT molecular complexity index is 667. The number of aromatic nitrogens is 2. The standard InChI is InChI=1S/C27H47N3O2S/c1-21(2)10-6-11-22(3)12-7-13-23(4)14-8-15-24(5)16-19-33-20-25(26(31)32)30-27-28-17-9-18-29-27/h9,16-18,21-23,25H,6-8,10-15,19-20H2,1-5H3,(H,31,32)(H,28,29,30). The van der Waals surface area contributed by atoms with E-state index < -0.39 is 12.0 Å². The Hall–Kier alpha value is -1.56. The summed E-state index contributed by atoms with van der Waals surface area (Å²) < 4.78 is 0. The number of carboxylic acids is 1. The third kappa shape index (κ3) is 15.8. The van der Waals surface area contributed by atoms with Crippen LogP contribution in [0.15, 0.2) is 30.1 Å². The van der Waals surface area contributed by atoms with Gasteiger partial charge in [0.15, 0.2) is 0 Å². The van der Waals surface area contributed by atoms with Crippen molar-refractivity contribution in [2.24, 2.45) is 17.8 Å². The Kier molecular flexibility index (Phi) is 15.9. The molecule has 2 N–H and O–H groups in total. The zero-order valence-electron chi connectivity index (χ0n) is 21.6. The van der Waals surface area contributed by atoms with Crippen molar-refractivity contribution in [2.75, 3.05) is 16.8 Å². The van der Waals surface area contributed by atoms with E-state index in [4.69, 9.17) is 0 Å². The number of allylic oxidation sites excluding steroid dienone is 1. The topological polar surface area (TPSA) is 75.1 Å². The van der Waals surface area contributed by atoms with Crippen LogP contribution in [-0.2, 0) is 4.79 Å². The largest absolute Gasteiger partial charge is 0.480 e. The average molecular weight is 478 g/mol. The number of nitrogens with zero attached hydrogens (tertiary/aromatic N) is 2.